The van der Waals surface area contributed by atoms with E-state index >= 15 is 0 Å². The first kappa shape index (κ1) is 11.2. The Morgan fingerprint density at radius 3 is 2.84 bits per heavy atom. The molecule has 2 aromatic heterocycles. The first-order valence-electron chi connectivity index (χ1n) is 5.70. The number of rotatable bonds is 2. The number of anilines is 2. The molecule has 0 aliphatic rings. The van der Waals surface area contributed by atoms with E-state index in [0.29, 0.717) is 11.5 Å². The summed E-state index contributed by atoms with van der Waals surface area (Å²) in [5, 5.41) is 2.66. The summed E-state index contributed by atoms with van der Waals surface area (Å²) in [7, 11) is 0. The maximum absolute atomic E-state index is 12.0. The van der Waals surface area contributed by atoms with Crippen molar-refractivity contribution in [1.82, 2.24) is 15.0 Å². The van der Waals surface area contributed by atoms with Gasteiger partial charge in [0.25, 0.3) is 5.91 Å². The number of pyridine rings is 1. The molecule has 19 heavy (non-hydrogen) atoms. The fourth-order valence-corrected chi connectivity index (χ4v) is 1.80. The van der Waals surface area contributed by atoms with Gasteiger partial charge in [0, 0.05) is 6.20 Å². The van der Waals surface area contributed by atoms with Crippen LogP contribution >= 0.6 is 0 Å². The number of aromatic nitrogens is 3. The third-order valence-electron chi connectivity index (χ3n) is 2.70. The van der Waals surface area contributed by atoms with Gasteiger partial charge in [0.05, 0.1) is 16.6 Å². The standard InChI is InChI=1S/C13H11N5O/c14-11-8(4-3-7-15-11)12(19)18-13-16-9-5-1-2-6-10(9)17-13/h1-7H,(H2,14,15)(H2,16,17,18,19). The van der Waals surface area contributed by atoms with Crippen LogP contribution in [0.5, 0.6) is 0 Å². The number of aromatic amines is 1. The van der Waals surface area contributed by atoms with Crippen LogP contribution in [0.1, 0.15) is 10.4 Å². The third kappa shape index (κ3) is 2.11. The molecule has 0 aliphatic heterocycles. The second kappa shape index (κ2) is 4.41. The Bertz CT molecular complexity index is 716. The van der Waals surface area contributed by atoms with E-state index in [9.17, 15) is 4.79 Å². The number of hydrogen-bond donors (Lipinski definition) is 3. The summed E-state index contributed by atoms with van der Waals surface area (Å²) in [6.07, 6.45) is 1.54. The number of benzene rings is 1. The van der Waals surface area contributed by atoms with Crippen LogP contribution in [0.25, 0.3) is 11.0 Å². The van der Waals surface area contributed by atoms with E-state index in [1.165, 1.54) is 6.20 Å². The fraction of sp³-hybridized carbons (Fsp3) is 0. The number of fused-ring (bicyclic) bond motifs is 1. The summed E-state index contributed by atoms with van der Waals surface area (Å²) in [4.78, 5) is 23.2. The maximum atomic E-state index is 12.0. The van der Waals surface area contributed by atoms with Gasteiger partial charge in [-0.2, -0.15) is 0 Å². The normalized spacial score (nSPS) is 10.5. The van der Waals surface area contributed by atoms with E-state index < -0.39 is 0 Å². The minimum atomic E-state index is -0.343. The first-order valence-corrected chi connectivity index (χ1v) is 5.70. The van der Waals surface area contributed by atoms with Crippen LogP contribution in [0.3, 0.4) is 0 Å². The predicted molar refractivity (Wildman–Crippen MR) is 72.7 cm³/mol. The third-order valence-corrected chi connectivity index (χ3v) is 2.70. The van der Waals surface area contributed by atoms with E-state index in [0.717, 1.165) is 11.0 Å². The Morgan fingerprint density at radius 2 is 2.05 bits per heavy atom. The highest BCUT2D eigenvalue weighted by atomic mass is 16.1. The molecule has 0 unspecified atom stereocenters. The summed E-state index contributed by atoms with van der Waals surface area (Å²) in [6.45, 7) is 0. The molecular weight excluding hydrogens is 242 g/mol. The van der Waals surface area contributed by atoms with Gasteiger partial charge >= 0.3 is 0 Å². The van der Waals surface area contributed by atoms with Gasteiger partial charge in [0.2, 0.25) is 5.95 Å². The number of nitrogens with one attached hydrogen (secondary N) is 2. The van der Waals surface area contributed by atoms with Gasteiger partial charge in [-0.1, -0.05) is 12.1 Å². The fourth-order valence-electron chi connectivity index (χ4n) is 1.80. The molecule has 94 valence electrons. The van der Waals surface area contributed by atoms with Crippen LogP contribution in [0.15, 0.2) is 42.6 Å². The Morgan fingerprint density at radius 1 is 1.21 bits per heavy atom. The molecule has 2 heterocycles. The zero-order valence-corrected chi connectivity index (χ0v) is 9.92. The van der Waals surface area contributed by atoms with Crippen LogP contribution in [0, 0.1) is 0 Å². The van der Waals surface area contributed by atoms with Gasteiger partial charge < -0.3 is 10.7 Å². The number of H-pyrrole nitrogens is 1. The lowest BCUT2D eigenvalue weighted by Crippen LogP contribution is -2.15. The maximum Gasteiger partial charge on any atom is 0.261 e. The van der Waals surface area contributed by atoms with Crippen molar-refractivity contribution in [1.29, 1.82) is 0 Å². The van der Waals surface area contributed by atoms with Crippen molar-refractivity contribution in [3.8, 4) is 0 Å². The number of para-hydroxylation sites is 2. The summed E-state index contributed by atoms with van der Waals surface area (Å²) in [6, 6.07) is 10.8. The summed E-state index contributed by atoms with van der Waals surface area (Å²) in [5.41, 5.74) is 7.62. The molecular formula is C13H11N5O. The van der Waals surface area contributed by atoms with Crippen molar-refractivity contribution in [2.75, 3.05) is 11.1 Å². The van der Waals surface area contributed by atoms with Crippen molar-refractivity contribution in [3.63, 3.8) is 0 Å². The lowest BCUT2D eigenvalue weighted by Gasteiger charge is -2.03. The molecule has 0 saturated carbocycles. The quantitative estimate of drug-likeness (QED) is 0.648. The lowest BCUT2D eigenvalue weighted by molar-refractivity contribution is 0.102. The van der Waals surface area contributed by atoms with Crippen LogP contribution in [-0.4, -0.2) is 20.9 Å². The molecule has 6 heteroatoms. The number of hydrogen-bond acceptors (Lipinski definition) is 4. The van der Waals surface area contributed by atoms with Gasteiger partial charge in [-0.3, -0.25) is 10.1 Å². The SMILES string of the molecule is Nc1ncccc1C(=O)Nc1nc2ccccc2[nH]1. The van der Waals surface area contributed by atoms with Crippen molar-refractivity contribution in [2.24, 2.45) is 0 Å². The van der Waals surface area contributed by atoms with Crippen molar-refractivity contribution in [2.45, 2.75) is 0 Å². The number of nitrogens with two attached hydrogens (primary N) is 1. The van der Waals surface area contributed by atoms with E-state index in [4.69, 9.17) is 5.73 Å². The van der Waals surface area contributed by atoms with Crippen LogP contribution < -0.4 is 11.1 Å². The molecule has 0 atom stereocenters. The molecule has 0 bridgehead atoms. The Labute approximate surface area is 108 Å². The Hall–Kier alpha value is -2.89. The van der Waals surface area contributed by atoms with Crippen LogP contribution in [-0.2, 0) is 0 Å². The topological polar surface area (TPSA) is 96.7 Å². The summed E-state index contributed by atoms with van der Waals surface area (Å²) >= 11 is 0. The minimum Gasteiger partial charge on any atom is -0.383 e. The lowest BCUT2D eigenvalue weighted by atomic mass is 10.2. The molecule has 0 radical (unpaired) electrons. The molecule has 3 rings (SSSR count). The average Bonchev–Trinajstić information content (AvgIpc) is 2.81. The number of nitrogen functional groups attached to an aromatic ring is 1. The van der Waals surface area contributed by atoms with Crippen LogP contribution in [0.4, 0.5) is 11.8 Å². The molecule has 0 saturated heterocycles. The van der Waals surface area contributed by atoms with Gasteiger partial charge in [-0.25, -0.2) is 9.97 Å². The van der Waals surface area contributed by atoms with Crippen molar-refractivity contribution in [3.05, 3.63) is 48.2 Å². The smallest absolute Gasteiger partial charge is 0.261 e. The van der Waals surface area contributed by atoms with Crippen molar-refractivity contribution >= 4 is 28.7 Å². The van der Waals surface area contributed by atoms with E-state index in [-0.39, 0.29) is 11.7 Å². The van der Waals surface area contributed by atoms with E-state index in [1.807, 2.05) is 24.3 Å². The molecule has 1 aromatic carbocycles. The van der Waals surface area contributed by atoms with Crippen LogP contribution in [0.2, 0.25) is 0 Å². The number of amides is 1. The highest BCUT2D eigenvalue weighted by Gasteiger charge is 2.12. The largest absolute Gasteiger partial charge is 0.383 e. The average molecular weight is 253 g/mol. The number of nitrogens with zero attached hydrogens (tertiary/aromatic N) is 2. The predicted octanol–water partition coefficient (Wildman–Crippen LogP) is 1.79. The Balaban J connectivity index is 1.89. The second-order valence-electron chi connectivity index (χ2n) is 3.99. The minimum absolute atomic E-state index is 0.191. The Kier molecular flexibility index (Phi) is 2.60. The van der Waals surface area contributed by atoms with E-state index in [2.05, 4.69) is 20.3 Å². The molecule has 4 N–H and O–H groups in total. The summed E-state index contributed by atoms with van der Waals surface area (Å²) in [5.74, 6) is 0.232. The molecule has 3 aromatic rings. The number of carbonyl (C=O) groups excluding carboxylic acids is 1. The van der Waals surface area contributed by atoms with Gasteiger partial charge in [-0.05, 0) is 24.3 Å². The zero-order chi connectivity index (χ0) is 13.2. The van der Waals surface area contributed by atoms with Gasteiger partial charge in [0.1, 0.15) is 5.82 Å². The van der Waals surface area contributed by atoms with Crippen molar-refractivity contribution < 1.29 is 4.79 Å². The number of carbonyl (C=O) groups is 1. The molecule has 1 amide bonds. The zero-order valence-electron chi connectivity index (χ0n) is 9.92. The molecule has 0 spiro atoms. The molecule has 0 fully saturated rings. The molecule has 6 nitrogen and oxygen atoms in total. The van der Waals surface area contributed by atoms with E-state index in [1.54, 1.807) is 12.1 Å². The first-order chi connectivity index (χ1) is 9.24. The summed E-state index contributed by atoms with van der Waals surface area (Å²) < 4.78 is 0. The second-order valence-corrected chi connectivity index (χ2v) is 3.99. The number of imidazole rings is 1. The van der Waals surface area contributed by atoms with Gasteiger partial charge in [-0.15, -0.1) is 0 Å². The highest BCUT2D eigenvalue weighted by Crippen LogP contribution is 2.15. The molecule has 0 aliphatic carbocycles. The van der Waals surface area contributed by atoms with Gasteiger partial charge in [0.15, 0.2) is 0 Å². The monoisotopic (exact) mass is 253 g/mol. The highest BCUT2D eigenvalue weighted by molar-refractivity contribution is 6.06.